The van der Waals surface area contributed by atoms with E-state index in [9.17, 15) is 9.18 Å². The van der Waals surface area contributed by atoms with Gasteiger partial charge in [-0.25, -0.2) is 9.18 Å². The van der Waals surface area contributed by atoms with Crippen molar-refractivity contribution in [2.45, 2.75) is 32.6 Å². The molecular weight excluding hydrogens is 335 g/mol. The highest BCUT2D eigenvalue weighted by Crippen LogP contribution is 2.16. The van der Waals surface area contributed by atoms with Gasteiger partial charge in [-0.2, -0.15) is 0 Å². The molecule has 0 atom stereocenters. The van der Waals surface area contributed by atoms with Crippen LogP contribution in [0.25, 0.3) is 0 Å². The van der Waals surface area contributed by atoms with Crippen molar-refractivity contribution in [2.24, 2.45) is 5.16 Å². The quantitative estimate of drug-likeness (QED) is 0.284. The topological polar surface area (TPSA) is 59.9 Å². The van der Waals surface area contributed by atoms with Crippen molar-refractivity contribution in [3.8, 4) is 5.75 Å². The molecule has 138 valence electrons. The van der Waals surface area contributed by atoms with E-state index < -0.39 is 6.09 Å². The first-order valence-corrected chi connectivity index (χ1v) is 8.67. The van der Waals surface area contributed by atoms with E-state index in [0.717, 1.165) is 12.2 Å². The molecule has 0 radical (unpaired) electrons. The molecule has 2 aromatic rings. The fraction of sp³-hybridized carbons (Fsp3) is 0.300. The van der Waals surface area contributed by atoms with Gasteiger partial charge in [0.2, 0.25) is 0 Å². The molecule has 0 fully saturated rings. The van der Waals surface area contributed by atoms with Crippen molar-refractivity contribution in [3.05, 3.63) is 59.9 Å². The van der Waals surface area contributed by atoms with Crippen LogP contribution >= 0.6 is 0 Å². The van der Waals surface area contributed by atoms with Crippen molar-refractivity contribution in [2.75, 3.05) is 11.9 Å². The Kier molecular flexibility index (Phi) is 8.12. The fourth-order valence-corrected chi connectivity index (χ4v) is 2.18. The maximum atomic E-state index is 12.8. The van der Waals surface area contributed by atoms with Gasteiger partial charge in [-0.05, 0) is 48.4 Å². The van der Waals surface area contributed by atoms with E-state index in [1.165, 1.54) is 49.7 Å². The van der Waals surface area contributed by atoms with E-state index >= 15 is 0 Å². The first-order chi connectivity index (χ1) is 12.7. The number of halogens is 1. The molecule has 1 N–H and O–H groups in total. The Hall–Kier alpha value is -2.89. The second-order valence-corrected chi connectivity index (χ2v) is 5.72. The lowest BCUT2D eigenvalue weighted by atomic mass is 10.2. The van der Waals surface area contributed by atoms with Crippen molar-refractivity contribution >= 4 is 18.0 Å². The van der Waals surface area contributed by atoms with Gasteiger partial charge >= 0.3 is 6.09 Å². The number of benzene rings is 2. The normalized spacial score (nSPS) is 10.7. The number of carbonyl (C=O) groups is 1. The first-order valence-electron chi connectivity index (χ1n) is 8.67. The summed E-state index contributed by atoms with van der Waals surface area (Å²) in [5.74, 6) is 0.420. The van der Waals surface area contributed by atoms with Crippen LogP contribution in [0.2, 0.25) is 0 Å². The van der Waals surface area contributed by atoms with Crippen LogP contribution in [0.15, 0.2) is 53.7 Å². The van der Waals surface area contributed by atoms with Gasteiger partial charge in [-0.1, -0.05) is 43.5 Å². The molecule has 2 rings (SSSR count). The molecule has 1 amide bonds. The summed E-state index contributed by atoms with van der Waals surface area (Å²) in [6.07, 6.45) is 5.24. The molecule has 0 spiro atoms. The van der Waals surface area contributed by atoms with E-state index in [1.54, 1.807) is 24.3 Å². The minimum absolute atomic E-state index is 0.339. The predicted molar refractivity (Wildman–Crippen MR) is 100 cm³/mol. The third-order valence-electron chi connectivity index (χ3n) is 3.57. The summed E-state index contributed by atoms with van der Waals surface area (Å²) >= 11 is 0. The Bertz CT molecular complexity index is 700. The standard InChI is InChI=1S/C20H23FN2O3/c1-2-3-4-5-14-25-19-12-10-18(11-13-19)23-20(24)26-22-15-16-6-8-17(21)9-7-16/h6-13,15H,2-5,14H2,1H3,(H,23,24)/b22-15+. The van der Waals surface area contributed by atoms with Crippen LogP contribution in [0.3, 0.4) is 0 Å². The minimum Gasteiger partial charge on any atom is -0.494 e. The van der Waals surface area contributed by atoms with E-state index in [1.807, 2.05) is 0 Å². The van der Waals surface area contributed by atoms with Crippen molar-refractivity contribution in [1.82, 2.24) is 0 Å². The van der Waals surface area contributed by atoms with Gasteiger partial charge in [0.15, 0.2) is 0 Å². The molecule has 0 bridgehead atoms. The summed E-state index contributed by atoms with van der Waals surface area (Å²) in [6.45, 7) is 2.86. The predicted octanol–water partition coefficient (Wildman–Crippen LogP) is 5.37. The average Bonchev–Trinajstić information content (AvgIpc) is 2.64. The largest absolute Gasteiger partial charge is 0.494 e. The zero-order valence-corrected chi connectivity index (χ0v) is 14.8. The zero-order valence-electron chi connectivity index (χ0n) is 14.8. The Balaban J connectivity index is 1.72. The van der Waals surface area contributed by atoms with E-state index in [4.69, 9.17) is 9.57 Å². The summed E-state index contributed by atoms with van der Waals surface area (Å²) < 4.78 is 18.4. The number of anilines is 1. The van der Waals surface area contributed by atoms with E-state index in [0.29, 0.717) is 17.9 Å². The molecule has 6 heteroatoms. The third kappa shape index (κ3) is 7.34. The molecule has 0 saturated carbocycles. The summed E-state index contributed by atoms with van der Waals surface area (Å²) in [5.41, 5.74) is 1.20. The van der Waals surface area contributed by atoms with Gasteiger partial charge in [0.1, 0.15) is 11.6 Å². The van der Waals surface area contributed by atoms with Gasteiger partial charge < -0.3 is 4.74 Å². The smallest absolute Gasteiger partial charge is 0.437 e. The number of ether oxygens (including phenoxy) is 1. The molecule has 5 nitrogen and oxygen atoms in total. The molecule has 0 saturated heterocycles. The van der Waals surface area contributed by atoms with Gasteiger partial charge in [-0.3, -0.25) is 10.2 Å². The third-order valence-corrected chi connectivity index (χ3v) is 3.57. The van der Waals surface area contributed by atoms with Crippen molar-refractivity contribution < 1.29 is 18.8 Å². The van der Waals surface area contributed by atoms with Gasteiger partial charge in [0.05, 0.1) is 12.8 Å². The number of carbonyl (C=O) groups excluding carboxylic acids is 1. The summed E-state index contributed by atoms with van der Waals surface area (Å²) in [4.78, 5) is 16.4. The minimum atomic E-state index is -0.711. The fourth-order valence-electron chi connectivity index (χ4n) is 2.18. The SMILES string of the molecule is CCCCCCOc1ccc(NC(=O)O/N=C/c2ccc(F)cc2)cc1. The summed E-state index contributed by atoms with van der Waals surface area (Å²) in [5, 5.41) is 6.12. The molecule has 0 aromatic heterocycles. The molecule has 0 heterocycles. The molecule has 0 aliphatic carbocycles. The molecule has 0 aliphatic rings. The Morgan fingerprint density at radius 1 is 1.08 bits per heavy atom. The highest BCUT2D eigenvalue weighted by atomic mass is 19.1. The van der Waals surface area contributed by atoms with Crippen LogP contribution in [0.1, 0.15) is 38.2 Å². The molecule has 2 aromatic carbocycles. The van der Waals surface area contributed by atoms with Crippen LogP contribution in [-0.2, 0) is 4.84 Å². The lowest BCUT2D eigenvalue weighted by molar-refractivity contribution is 0.167. The highest BCUT2D eigenvalue weighted by molar-refractivity contribution is 5.85. The number of hydrogen-bond donors (Lipinski definition) is 1. The second kappa shape index (κ2) is 10.9. The van der Waals surface area contributed by atoms with Crippen molar-refractivity contribution in [1.29, 1.82) is 0 Å². The van der Waals surface area contributed by atoms with Gasteiger partial charge in [0, 0.05) is 5.69 Å². The molecular formula is C20H23FN2O3. The monoisotopic (exact) mass is 358 g/mol. The van der Waals surface area contributed by atoms with Crippen LogP contribution in [0.5, 0.6) is 5.75 Å². The lowest BCUT2D eigenvalue weighted by Gasteiger charge is -2.07. The first kappa shape index (κ1) is 19.4. The number of amides is 1. The maximum absolute atomic E-state index is 12.8. The Morgan fingerprint density at radius 3 is 2.50 bits per heavy atom. The number of rotatable bonds is 9. The number of unbranched alkanes of at least 4 members (excludes halogenated alkanes) is 3. The van der Waals surface area contributed by atoms with Crippen LogP contribution in [0.4, 0.5) is 14.9 Å². The molecule has 26 heavy (non-hydrogen) atoms. The zero-order chi connectivity index (χ0) is 18.6. The highest BCUT2D eigenvalue weighted by Gasteiger charge is 2.03. The van der Waals surface area contributed by atoms with E-state index in [-0.39, 0.29) is 5.82 Å². The number of oxime groups is 1. The maximum Gasteiger partial charge on any atom is 0.437 e. The summed E-state index contributed by atoms with van der Waals surface area (Å²) in [6, 6.07) is 12.7. The number of nitrogens with zero attached hydrogens (tertiary/aromatic N) is 1. The van der Waals surface area contributed by atoms with Gasteiger partial charge in [-0.15, -0.1) is 0 Å². The average molecular weight is 358 g/mol. The van der Waals surface area contributed by atoms with E-state index in [2.05, 4.69) is 17.4 Å². The number of nitrogens with one attached hydrogen (secondary N) is 1. The van der Waals surface area contributed by atoms with Crippen LogP contribution in [0, 0.1) is 5.82 Å². The Labute approximate surface area is 152 Å². The van der Waals surface area contributed by atoms with Crippen LogP contribution < -0.4 is 10.1 Å². The lowest BCUT2D eigenvalue weighted by Crippen LogP contribution is -2.10. The van der Waals surface area contributed by atoms with Crippen LogP contribution in [-0.4, -0.2) is 18.9 Å². The molecule has 0 aliphatic heterocycles. The number of hydrogen-bond acceptors (Lipinski definition) is 4. The second-order valence-electron chi connectivity index (χ2n) is 5.72. The molecule has 0 unspecified atom stereocenters. The van der Waals surface area contributed by atoms with Crippen molar-refractivity contribution in [3.63, 3.8) is 0 Å². The summed E-state index contributed by atoms with van der Waals surface area (Å²) in [7, 11) is 0. The Morgan fingerprint density at radius 2 is 1.81 bits per heavy atom. The van der Waals surface area contributed by atoms with Gasteiger partial charge in [0.25, 0.3) is 0 Å².